The van der Waals surface area contributed by atoms with Crippen molar-refractivity contribution >= 4 is 11.7 Å². The number of hydrogen-bond acceptors (Lipinski definition) is 2. The normalized spacial score (nSPS) is 25.8. The zero-order valence-electron chi connectivity index (χ0n) is 10.0. The summed E-state index contributed by atoms with van der Waals surface area (Å²) in [5.74, 6) is -0.0800. The van der Waals surface area contributed by atoms with E-state index in [-0.39, 0.29) is 11.6 Å². The van der Waals surface area contributed by atoms with Crippen LogP contribution >= 0.6 is 0 Å². The lowest BCUT2D eigenvalue weighted by molar-refractivity contribution is -0.136. The van der Waals surface area contributed by atoms with Crippen molar-refractivity contribution < 1.29 is 23.1 Å². The first kappa shape index (κ1) is 13.7. The Labute approximate surface area is 107 Å². The second-order valence-electron chi connectivity index (χ2n) is 4.52. The quantitative estimate of drug-likeness (QED) is 0.774. The van der Waals surface area contributed by atoms with Crippen molar-refractivity contribution in [3.63, 3.8) is 0 Å². The Morgan fingerprint density at radius 1 is 1.32 bits per heavy atom. The van der Waals surface area contributed by atoms with E-state index in [0.717, 1.165) is 6.07 Å². The standard InChI is InChI=1S/C12H13F3N2O2/c1-6-9(10(6)18)17-11(19)16-8-5-3-2-4-7(8)12(13,14)15/h2-6,9-10,18H,1H3,(H2,16,17,19). The molecule has 1 aromatic carbocycles. The largest absolute Gasteiger partial charge is 0.418 e. The predicted molar refractivity (Wildman–Crippen MR) is 62.6 cm³/mol. The topological polar surface area (TPSA) is 61.4 Å². The highest BCUT2D eigenvalue weighted by Crippen LogP contribution is 2.35. The molecule has 3 unspecified atom stereocenters. The Morgan fingerprint density at radius 3 is 2.42 bits per heavy atom. The van der Waals surface area contributed by atoms with Gasteiger partial charge in [0.2, 0.25) is 0 Å². The molecular formula is C12H13F3N2O2. The molecule has 3 N–H and O–H groups in total. The lowest BCUT2D eigenvalue weighted by atomic mass is 10.1. The van der Waals surface area contributed by atoms with E-state index < -0.39 is 29.9 Å². The van der Waals surface area contributed by atoms with Crippen LogP contribution in [0.4, 0.5) is 23.7 Å². The summed E-state index contributed by atoms with van der Waals surface area (Å²) >= 11 is 0. The lowest BCUT2D eigenvalue weighted by Gasteiger charge is -2.13. The van der Waals surface area contributed by atoms with Crippen LogP contribution in [0.25, 0.3) is 0 Å². The van der Waals surface area contributed by atoms with Crippen molar-refractivity contribution in [2.75, 3.05) is 5.32 Å². The maximum atomic E-state index is 12.7. The second-order valence-corrected chi connectivity index (χ2v) is 4.52. The van der Waals surface area contributed by atoms with E-state index in [9.17, 15) is 23.1 Å². The molecule has 3 atom stereocenters. The molecule has 1 saturated carbocycles. The number of nitrogens with one attached hydrogen (secondary N) is 2. The Kier molecular flexibility index (Phi) is 3.40. The number of urea groups is 1. The van der Waals surface area contributed by atoms with E-state index in [1.54, 1.807) is 6.92 Å². The number of amides is 2. The first-order valence-electron chi connectivity index (χ1n) is 5.72. The molecule has 19 heavy (non-hydrogen) atoms. The molecule has 0 heterocycles. The number of benzene rings is 1. The Balaban J connectivity index is 2.05. The van der Waals surface area contributed by atoms with Gasteiger partial charge in [-0.05, 0) is 12.1 Å². The minimum absolute atomic E-state index is 0.0800. The first-order chi connectivity index (χ1) is 8.80. The molecule has 0 bridgehead atoms. The van der Waals surface area contributed by atoms with E-state index in [1.165, 1.54) is 18.2 Å². The number of aliphatic hydroxyl groups is 1. The summed E-state index contributed by atoms with van der Waals surface area (Å²) in [6.07, 6.45) is -5.17. The number of aliphatic hydroxyl groups excluding tert-OH is 1. The first-order valence-corrected chi connectivity index (χ1v) is 5.72. The second kappa shape index (κ2) is 4.73. The molecule has 0 saturated heterocycles. The van der Waals surface area contributed by atoms with Gasteiger partial charge in [0.15, 0.2) is 0 Å². The van der Waals surface area contributed by atoms with Gasteiger partial charge in [0, 0.05) is 5.92 Å². The summed E-state index contributed by atoms with van der Waals surface area (Å²) in [5.41, 5.74) is -1.22. The molecule has 1 aliphatic carbocycles. The average molecular weight is 274 g/mol. The fourth-order valence-electron chi connectivity index (χ4n) is 1.81. The lowest BCUT2D eigenvalue weighted by Crippen LogP contribution is -2.33. The van der Waals surface area contributed by atoms with Crippen molar-refractivity contribution in [3.05, 3.63) is 29.8 Å². The molecule has 2 rings (SSSR count). The fourth-order valence-corrected chi connectivity index (χ4v) is 1.81. The van der Waals surface area contributed by atoms with Crippen molar-refractivity contribution in [2.45, 2.75) is 25.2 Å². The highest BCUT2D eigenvalue weighted by Gasteiger charge is 2.46. The molecular weight excluding hydrogens is 261 g/mol. The number of carbonyl (C=O) groups is 1. The molecule has 0 radical (unpaired) electrons. The number of anilines is 1. The van der Waals surface area contributed by atoms with Gasteiger partial charge < -0.3 is 15.7 Å². The van der Waals surface area contributed by atoms with Gasteiger partial charge in [-0.25, -0.2) is 4.79 Å². The third-order valence-corrected chi connectivity index (χ3v) is 3.11. The monoisotopic (exact) mass is 274 g/mol. The summed E-state index contributed by atoms with van der Waals surface area (Å²) in [6, 6.07) is 3.56. The third kappa shape index (κ3) is 2.98. The SMILES string of the molecule is CC1C(O)C1NC(=O)Nc1ccccc1C(F)(F)F. The van der Waals surface area contributed by atoms with Crippen LogP contribution in [0, 0.1) is 5.92 Å². The molecule has 104 valence electrons. The van der Waals surface area contributed by atoms with Gasteiger partial charge in [-0.3, -0.25) is 0 Å². The summed E-state index contributed by atoms with van der Waals surface area (Å²) in [7, 11) is 0. The molecule has 0 aliphatic heterocycles. The van der Waals surface area contributed by atoms with Crippen LogP contribution in [0.3, 0.4) is 0 Å². The number of carbonyl (C=O) groups excluding carboxylic acids is 1. The van der Waals surface area contributed by atoms with Crippen molar-refractivity contribution in [1.82, 2.24) is 5.32 Å². The Morgan fingerprint density at radius 2 is 1.89 bits per heavy atom. The average Bonchev–Trinajstić information content (AvgIpc) is 2.86. The zero-order valence-corrected chi connectivity index (χ0v) is 10.0. The smallest absolute Gasteiger partial charge is 0.391 e. The molecule has 2 amide bonds. The van der Waals surface area contributed by atoms with Crippen LogP contribution in [0.5, 0.6) is 0 Å². The van der Waals surface area contributed by atoms with Gasteiger partial charge in [-0.2, -0.15) is 13.2 Å². The van der Waals surface area contributed by atoms with Gasteiger partial charge >= 0.3 is 12.2 Å². The minimum atomic E-state index is -4.53. The number of halogens is 3. The highest BCUT2D eigenvalue weighted by molar-refractivity contribution is 5.90. The molecule has 1 aliphatic rings. The molecule has 1 fully saturated rings. The maximum absolute atomic E-state index is 12.7. The Bertz CT molecular complexity index is 482. The van der Waals surface area contributed by atoms with E-state index in [1.807, 2.05) is 0 Å². The summed E-state index contributed by atoms with van der Waals surface area (Å²) in [5, 5.41) is 13.8. The van der Waals surface area contributed by atoms with Gasteiger partial charge in [-0.15, -0.1) is 0 Å². The minimum Gasteiger partial charge on any atom is -0.391 e. The zero-order chi connectivity index (χ0) is 14.2. The number of alkyl halides is 3. The van der Waals surface area contributed by atoms with Gasteiger partial charge in [0.25, 0.3) is 0 Å². The molecule has 7 heteroatoms. The molecule has 4 nitrogen and oxygen atoms in total. The van der Waals surface area contributed by atoms with Crippen molar-refractivity contribution in [2.24, 2.45) is 5.92 Å². The highest BCUT2D eigenvalue weighted by atomic mass is 19.4. The predicted octanol–water partition coefficient (Wildman–Crippen LogP) is 2.21. The molecule has 0 spiro atoms. The Hall–Kier alpha value is -1.76. The fraction of sp³-hybridized carbons (Fsp3) is 0.417. The van der Waals surface area contributed by atoms with E-state index in [2.05, 4.69) is 10.6 Å². The van der Waals surface area contributed by atoms with Crippen LogP contribution in [0.2, 0.25) is 0 Å². The van der Waals surface area contributed by atoms with E-state index in [4.69, 9.17) is 0 Å². The van der Waals surface area contributed by atoms with E-state index >= 15 is 0 Å². The number of para-hydroxylation sites is 1. The molecule has 0 aromatic heterocycles. The van der Waals surface area contributed by atoms with Crippen LogP contribution < -0.4 is 10.6 Å². The van der Waals surface area contributed by atoms with Crippen molar-refractivity contribution in [3.8, 4) is 0 Å². The van der Waals surface area contributed by atoms with Crippen molar-refractivity contribution in [1.29, 1.82) is 0 Å². The summed E-state index contributed by atoms with van der Waals surface area (Å²) < 4.78 is 38.1. The molecule has 1 aromatic rings. The van der Waals surface area contributed by atoms with Gasteiger partial charge in [0.05, 0.1) is 23.4 Å². The number of hydrogen-bond donors (Lipinski definition) is 3. The van der Waals surface area contributed by atoms with Crippen LogP contribution in [-0.4, -0.2) is 23.3 Å². The maximum Gasteiger partial charge on any atom is 0.418 e. The number of rotatable bonds is 2. The van der Waals surface area contributed by atoms with Crippen LogP contribution in [-0.2, 0) is 6.18 Å². The summed E-state index contributed by atoms with van der Waals surface area (Å²) in [4.78, 5) is 11.5. The third-order valence-electron chi connectivity index (χ3n) is 3.11. The van der Waals surface area contributed by atoms with E-state index in [0.29, 0.717) is 0 Å². The van der Waals surface area contributed by atoms with Gasteiger partial charge in [-0.1, -0.05) is 19.1 Å². The summed E-state index contributed by atoms with van der Waals surface area (Å²) in [6.45, 7) is 1.74. The van der Waals surface area contributed by atoms with Crippen LogP contribution in [0.1, 0.15) is 12.5 Å². The van der Waals surface area contributed by atoms with Gasteiger partial charge in [0.1, 0.15) is 0 Å². The van der Waals surface area contributed by atoms with Crippen LogP contribution in [0.15, 0.2) is 24.3 Å².